The van der Waals surface area contributed by atoms with Gasteiger partial charge in [-0.25, -0.2) is 0 Å². The number of nitrogens with two attached hydrogens (primary N) is 1. The summed E-state index contributed by atoms with van der Waals surface area (Å²) in [6, 6.07) is 1.01. The zero-order valence-electron chi connectivity index (χ0n) is 10.7. The van der Waals surface area contributed by atoms with Crippen LogP contribution in [0.15, 0.2) is 0 Å². The van der Waals surface area contributed by atoms with Crippen LogP contribution in [0.3, 0.4) is 0 Å². The van der Waals surface area contributed by atoms with E-state index in [1.807, 2.05) is 20.9 Å². The van der Waals surface area contributed by atoms with Gasteiger partial charge < -0.3 is 11.1 Å². The lowest BCUT2D eigenvalue weighted by atomic mass is 9.91. The molecule has 1 rings (SSSR count). The molecule has 1 aliphatic rings. The number of hydrogen-bond acceptors (Lipinski definition) is 3. The lowest BCUT2D eigenvalue weighted by molar-refractivity contribution is -0.123. The van der Waals surface area contributed by atoms with Crippen molar-refractivity contribution in [3.05, 3.63) is 0 Å². The Morgan fingerprint density at radius 1 is 1.50 bits per heavy atom. The van der Waals surface area contributed by atoms with E-state index in [2.05, 4.69) is 10.2 Å². The monoisotopic (exact) mass is 227 g/mol. The van der Waals surface area contributed by atoms with Crippen LogP contribution in [0, 0.1) is 0 Å². The standard InChI is InChI=1S/C12H25N3O/c1-9(2)14-12(16)8-15(3)11-6-4-5-10(13)7-11/h9-11H,4-8,13H2,1-3H3,(H,14,16). The average molecular weight is 227 g/mol. The highest BCUT2D eigenvalue weighted by Crippen LogP contribution is 2.20. The van der Waals surface area contributed by atoms with E-state index >= 15 is 0 Å². The Morgan fingerprint density at radius 3 is 2.75 bits per heavy atom. The average Bonchev–Trinajstić information content (AvgIpc) is 2.16. The topological polar surface area (TPSA) is 58.4 Å². The summed E-state index contributed by atoms with van der Waals surface area (Å²) in [7, 11) is 2.02. The normalized spacial score (nSPS) is 26.1. The molecule has 0 heterocycles. The van der Waals surface area contributed by atoms with E-state index in [1.54, 1.807) is 0 Å². The summed E-state index contributed by atoms with van der Waals surface area (Å²) in [6.45, 7) is 4.44. The fourth-order valence-electron chi connectivity index (χ4n) is 2.32. The first-order valence-corrected chi connectivity index (χ1v) is 6.24. The molecule has 1 amide bonds. The van der Waals surface area contributed by atoms with E-state index in [9.17, 15) is 4.79 Å². The van der Waals surface area contributed by atoms with Crippen molar-refractivity contribution in [2.24, 2.45) is 5.73 Å². The van der Waals surface area contributed by atoms with Crippen LogP contribution in [-0.4, -0.2) is 42.5 Å². The first-order valence-electron chi connectivity index (χ1n) is 6.24. The maximum absolute atomic E-state index is 11.6. The molecule has 16 heavy (non-hydrogen) atoms. The van der Waals surface area contributed by atoms with Crippen molar-refractivity contribution >= 4 is 5.91 Å². The highest BCUT2D eigenvalue weighted by Gasteiger charge is 2.23. The number of hydrogen-bond donors (Lipinski definition) is 2. The molecule has 3 N–H and O–H groups in total. The molecule has 0 aromatic carbocycles. The molecule has 1 aliphatic carbocycles. The van der Waals surface area contributed by atoms with Crippen molar-refractivity contribution in [2.45, 2.75) is 57.7 Å². The van der Waals surface area contributed by atoms with E-state index in [0.29, 0.717) is 18.6 Å². The number of rotatable bonds is 4. The number of nitrogens with zero attached hydrogens (tertiary/aromatic N) is 1. The zero-order chi connectivity index (χ0) is 12.1. The van der Waals surface area contributed by atoms with E-state index in [0.717, 1.165) is 12.8 Å². The Morgan fingerprint density at radius 2 is 2.19 bits per heavy atom. The van der Waals surface area contributed by atoms with Gasteiger partial charge in [-0.2, -0.15) is 0 Å². The SMILES string of the molecule is CC(C)NC(=O)CN(C)C1CCCC(N)C1. The zero-order valence-corrected chi connectivity index (χ0v) is 10.7. The number of likely N-dealkylation sites (N-methyl/N-ethyl adjacent to an activating group) is 1. The molecule has 1 fully saturated rings. The Bertz CT molecular complexity index is 230. The number of nitrogens with one attached hydrogen (secondary N) is 1. The van der Waals surface area contributed by atoms with Crippen molar-refractivity contribution < 1.29 is 4.79 Å². The molecule has 2 unspecified atom stereocenters. The molecule has 0 bridgehead atoms. The van der Waals surface area contributed by atoms with Crippen LogP contribution in [-0.2, 0) is 4.79 Å². The van der Waals surface area contributed by atoms with Crippen LogP contribution in [0.25, 0.3) is 0 Å². The molecule has 0 spiro atoms. The summed E-state index contributed by atoms with van der Waals surface area (Å²) in [5.74, 6) is 0.108. The van der Waals surface area contributed by atoms with Crippen LogP contribution in [0.4, 0.5) is 0 Å². The van der Waals surface area contributed by atoms with Crippen LogP contribution >= 0.6 is 0 Å². The van der Waals surface area contributed by atoms with E-state index in [1.165, 1.54) is 12.8 Å². The molecule has 0 radical (unpaired) electrons. The summed E-state index contributed by atoms with van der Waals surface area (Å²) in [5.41, 5.74) is 5.95. The summed E-state index contributed by atoms with van der Waals surface area (Å²) < 4.78 is 0. The van der Waals surface area contributed by atoms with Crippen LogP contribution in [0.1, 0.15) is 39.5 Å². The van der Waals surface area contributed by atoms with Crippen LogP contribution in [0.5, 0.6) is 0 Å². The van der Waals surface area contributed by atoms with Crippen molar-refractivity contribution in [3.8, 4) is 0 Å². The van der Waals surface area contributed by atoms with E-state index in [4.69, 9.17) is 5.73 Å². The quantitative estimate of drug-likeness (QED) is 0.744. The van der Waals surface area contributed by atoms with E-state index < -0.39 is 0 Å². The summed E-state index contributed by atoms with van der Waals surface area (Å²) in [6.07, 6.45) is 4.50. The molecular formula is C12H25N3O. The maximum atomic E-state index is 11.6. The van der Waals surface area contributed by atoms with Crippen LogP contribution < -0.4 is 11.1 Å². The number of amides is 1. The summed E-state index contributed by atoms with van der Waals surface area (Å²) in [4.78, 5) is 13.7. The lowest BCUT2D eigenvalue weighted by Gasteiger charge is -2.33. The molecule has 4 heteroatoms. The third-order valence-corrected chi connectivity index (χ3v) is 3.15. The molecule has 0 aromatic heterocycles. The Labute approximate surface area is 98.6 Å². The Kier molecular flexibility index (Phi) is 5.22. The van der Waals surface area contributed by atoms with Gasteiger partial charge in [0, 0.05) is 18.1 Å². The lowest BCUT2D eigenvalue weighted by Crippen LogP contribution is -2.46. The fraction of sp³-hybridized carbons (Fsp3) is 0.917. The first-order chi connectivity index (χ1) is 7.49. The van der Waals surface area contributed by atoms with E-state index in [-0.39, 0.29) is 11.9 Å². The number of carbonyl (C=O) groups excluding carboxylic acids is 1. The highest BCUT2D eigenvalue weighted by molar-refractivity contribution is 5.78. The second-order valence-corrected chi connectivity index (χ2v) is 5.22. The van der Waals surface area contributed by atoms with Gasteiger partial charge in [0.15, 0.2) is 0 Å². The Balaban J connectivity index is 2.33. The minimum Gasteiger partial charge on any atom is -0.353 e. The Hall–Kier alpha value is -0.610. The van der Waals surface area contributed by atoms with Crippen molar-refractivity contribution in [1.82, 2.24) is 10.2 Å². The van der Waals surface area contributed by atoms with Gasteiger partial charge in [-0.3, -0.25) is 9.69 Å². The van der Waals surface area contributed by atoms with Gasteiger partial charge >= 0.3 is 0 Å². The van der Waals surface area contributed by atoms with Gasteiger partial charge in [-0.1, -0.05) is 6.42 Å². The smallest absolute Gasteiger partial charge is 0.234 e. The highest BCUT2D eigenvalue weighted by atomic mass is 16.2. The van der Waals surface area contributed by atoms with Crippen molar-refractivity contribution in [2.75, 3.05) is 13.6 Å². The molecule has 4 nitrogen and oxygen atoms in total. The molecule has 0 aliphatic heterocycles. The fourth-order valence-corrected chi connectivity index (χ4v) is 2.32. The third kappa shape index (κ3) is 4.49. The van der Waals surface area contributed by atoms with Crippen molar-refractivity contribution in [1.29, 1.82) is 0 Å². The predicted molar refractivity (Wildman–Crippen MR) is 66.1 cm³/mol. The first kappa shape index (κ1) is 13.5. The minimum atomic E-state index is 0.108. The predicted octanol–water partition coefficient (Wildman–Crippen LogP) is 0.713. The molecular weight excluding hydrogens is 202 g/mol. The van der Waals surface area contributed by atoms with Gasteiger partial charge in [0.25, 0.3) is 0 Å². The van der Waals surface area contributed by atoms with Crippen molar-refractivity contribution in [3.63, 3.8) is 0 Å². The molecule has 0 aromatic rings. The van der Waals surface area contributed by atoms with Gasteiger partial charge in [0.2, 0.25) is 5.91 Å². The largest absolute Gasteiger partial charge is 0.353 e. The molecule has 2 atom stereocenters. The molecule has 1 saturated carbocycles. The molecule has 0 saturated heterocycles. The van der Waals surface area contributed by atoms with Crippen LogP contribution in [0.2, 0.25) is 0 Å². The summed E-state index contributed by atoms with van der Waals surface area (Å²) >= 11 is 0. The third-order valence-electron chi connectivity index (χ3n) is 3.15. The number of carbonyl (C=O) groups is 1. The maximum Gasteiger partial charge on any atom is 0.234 e. The molecule has 94 valence electrons. The van der Waals surface area contributed by atoms with Gasteiger partial charge in [0.05, 0.1) is 6.54 Å². The summed E-state index contributed by atoms with van der Waals surface area (Å²) in [5, 5.41) is 2.91. The van der Waals surface area contributed by atoms with Gasteiger partial charge in [-0.15, -0.1) is 0 Å². The second-order valence-electron chi connectivity index (χ2n) is 5.22. The minimum absolute atomic E-state index is 0.108. The van der Waals surface area contributed by atoms with Gasteiger partial charge in [-0.05, 0) is 40.2 Å². The van der Waals surface area contributed by atoms with Gasteiger partial charge in [0.1, 0.15) is 0 Å². The second kappa shape index (κ2) is 6.21.